The smallest absolute Gasteiger partial charge is 0.117 e. The Kier molecular flexibility index (Phi) is 3.21. The van der Waals surface area contributed by atoms with Gasteiger partial charge in [0.25, 0.3) is 0 Å². The van der Waals surface area contributed by atoms with Crippen molar-refractivity contribution in [3.63, 3.8) is 0 Å². The van der Waals surface area contributed by atoms with Crippen LogP contribution in [0.5, 0.6) is 5.75 Å². The zero-order chi connectivity index (χ0) is 10.7. The molecule has 3 heteroatoms. The van der Waals surface area contributed by atoms with Crippen LogP contribution in [0.25, 0.3) is 10.2 Å². The van der Waals surface area contributed by atoms with Gasteiger partial charge in [0.1, 0.15) is 5.75 Å². The third kappa shape index (κ3) is 2.29. The minimum atomic E-state index is 0.359. The Morgan fingerprint density at radius 3 is 3.00 bits per heavy atom. The summed E-state index contributed by atoms with van der Waals surface area (Å²) >= 11 is 1.58. The molecule has 0 spiro atoms. The van der Waals surface area contributed by atoms with Crippen LogP contribution >= 0.6 is 11.3 Å². The second-order valence-electron chi connectivity index (χ2n) is 3.76. The molecule has 0 radical (unpaired) electrons. The Labute approximate surface area is 93.6 Å². The maximum atomic E-state index is 9.56. The summed E-state index contributed by atoms with van der Waals surface area (Å²) in [5.74, 6) is 0.359. The largest absolute Gasteiger partial charge is 0.508 e. The van der Waals surface area contributed by atoms with E-state index in [0.29, 0.717) is 5.75 Å². The molecule has 2 aromatic rings. The van der Waals surface area contributed by atoms with E-state index in [4.69, 9.17) is 0 Å². The maximum Gasteiger partial charge on any atom is 0.117 e. The zero-order valence-electron chi connectivity index (χ0n) is 8.86. The molecule has 0 aliphatic rings. The molecule has 0 aliphatic carbocycles. The predicted molar refractivity (Wildman–Crippen MR) is 64.5 cm³/mol. The van der Waals surface area contributed by atoms with Crippen LogP contribution in [0.2, 0.25) is 0 Å². The van der Waals surface area contributed by atoms with Gasteiger partial charge in [0.2, 0.25) is 0 Å². The quantitative estimate of drug-likeness (QED) is 0.798. The van der Waals surface area contributed by atoms with Crippen LogP contribution in [0, 0.1) is 0 Å². The molecule has 1 aromatic carbocycles. The first-order valence-electron chi connectivity index (χ1n) is 5.36. The van der Waals surface area contributed by atoms with E-state index in [1.807, 2.05) is 11.6 Å². The molecule has 15 heavy (non-hydrogen) atoms. The average molecular weight is 221 g/mol. The second-order valence-corrected chi connectivity index (χ2v) is 4.65. The average Bonchev–Trinajstić information content (AvgIpc) is 2.65. The number of hydrogen-bond donors (Lipinski definition) is 1. The summed E-state index contributed by atoms with van der Waals surface area (Å²) in [6, 6.07) is 3.63. The maximum absolute atomic E-state index is 9.56. The number of phenolic OH excluding ortho intramolecular Hbond substituents is 1. The van der Waals surface area contributed by atoms with Gasteiger partial charge in [-0.3, -0.25) is 0 Å². The molecule has 0 aliphatic heterocycles. The molecule has 0 saturated carbocycles. The topological polar surface area (TPSA) is 33.1 Å². The van der Waals surface area contributed by atoms with Gasteiger partial charge in [-0.15, -0.1) is 11.3 Å². The van der Waals surface area contributed by atoms with Gasteiger partial charge in [0, 0.05) is 0 Å². The fourth-order valence-corrected chi connectivity index (χ4v) is 2.53. The fraction of sp³-hybridized carbons (Fsp3) is 0.417. The highest BCUT2D eigenvalue weighted by atomic mass is 32.1. The van der Waals surface area contributed by atoms with Gasteiger partial charge in [-0.25, -0.2) is 4.98 Å². The van der Waals surface area contributed by atoms with E-state index in [1.165, 1.54) is 24.8 Å². The Hall–Kier alpha value is -1.09. The standard InChI is InChI=1S/C12H15NOS/c1-2-3-4-5-9-6-10(14)7-11-12(9)13-8-15-11/h6-8,14H,2-5H2,1H3. The predicted octanol–water partition coefficient (Wildman–Crippen LogP) is 3.73. The molecule has 80 valence electrons. The highest BCUT2D eigenvalue weighted by Crippen LogP contribution is 2.27. The molecule has 1 heterocycles. The molecular weight excluding hydrogens is 206 g/mol. The van der Waals surface area contributed by atoms with E-state index in [0.717, 1.165) is 16.6 Å². The summed E-state index contributed by atoms with van der Waals surface area (Å²) in [7, 11) is 0. The lowest BCUT2D eigenvalue weighted by atomic mass is 10.1. The van der Waals surface area contributed by atoms with Gasteiger partial charge in [-0.05, 0) is 30.5 Å². The minimum Gasteiger partial charge on any atom is -0.508 e. The summed E-state index contributed by atoms with van der Waals surface area (Å²) in [5, 5.41) is 9.56. The van der Waals surface area contributed by atoms with Gasteiger partial charge >= 0.3 is 0 Å². The van der Waals surface area contributed by atoms with Gasteiger partial charge in [0.15, 0.2) is 0 Å². The van der Waals surface area contributed by atoms with Gasteiger partial charge < -0.3 is 5.11 Å². The van der Waals surface area contributed by atoms with E-state index >= 15 is 0 Å². The molecular formula is C12H15NOS. The Balaban J connectivity index is 2.27. The van der Waals surface area contributed by atoms with Crippen molar-refractivity contribution in [3.05, 3.63) is 23.2 Å². The first-order valence-corrected chi connectivity index (χ1v) is 6.24. The molecule has 0 unspecified atom stereocenters. The molecule has 2 nitrogen and oxygen atoms in total. The first kappa shape index (κ1) is 10.4. The van der Waals surface area contributed by atoms with E-state index in [9.17, 15) is 5.11 Å². The van der Waals surface area contributed by atoms with Crippen LogP contribution in [0.3, 0.4) is 0 Å². The van der Waals surface area contributed by atoms with Crippen LogP contribution in [-0.2, 0) is 6.42 Å². The second kappa shape index (κ2) is 4.62. The molecule has 0 fully saturated rings. The van der Waals surface area contributed by atoms with Crippen molar-refractivity contribution in [1.82, 2.24) is 4.98 Å². The van der Waals surface area contributed by atoms with Crippen LogP contribution in [-0.4, -0.2) is 10.1 Å². The summed E-state index contributed by atoms with van der Waals surface area (Å²) in [5.41, 5.74) is 4.08. The van der Waals surface area contributed by atoms with Crippen molar-refractivity contribution in [1.29, 1.82) is 0 Å². The van der Waals surface area contributed by atoms with Crippen molar-refractivity contribution >= 4 is 21.6 Å². The third-order valence-corrected chi connectivity index (χ3v) is 3.33. The van der Waals surface area contributed by atoms with E-state index in [1.54, 1.807) is 17.4 Å². The lowest BCUT2D eigenvalue weighted by Crippen LogP contribution is -1.87. The Bertz CT molecular complexity index is 450. The number of thiazole rings is 1. The van der Waals surface area contributed by atoms with Crippen LogP contribution in [0.15, 0.2) is 17.6 Å². The number of aryl methyl sites for hydroxylation is 1. The Morgan fingerprint density at radius 2 is 2.20 bits per heavy atom. The number of aromatic hydroxyl groups is 1. The first-order chi connectivity index (χ1) is 7.31. The lowest BCUT2D eigenvalue weighted by Gasteiger charge is -2.02. The van der Waals surface area contributed by atoms with Gasteiger partial charge in [0.05, 0.1) is 15.7 Å². The number of unbranched alkanes of at least 4 members (excludes halogenated alkanes) is 2. The summed E-state index contributed by atoms with van der Waals surface area (Å²) < 4.78 is 1.08. The number of nitrogens with zero attached hydrogens (tertiary/aromatic N) is 1. The van der Waals surface area contributed by atoms with E-state index in [-0.39, 0.29) is 0 Å². The molecule has 0 atom stereocenters. The molecule has 1 aromatic heterocycles. The number of hydrogen-bond acceptors (Lipinski definition) is 3. The van der Waals surface area contributed by atoms with Crippen molar-refractivity contribution < 1.29 is 5.11 Å². The summed E-state index contributed by atoms with van der Waals surface area (Å²) in [6.45, 7) is 2.20. The molecule has 0 saturated heterocycles. The number of aromatic nitrogens is 1. The highest BCUT2D eigenvalue weighted by molar-refractivity contribution is 7.16. The Morgan fingerprint density at radius 1 is 1.33 bits per heavy atom. The molecule has 1 N–H and O–H groups in total. The molecule has 2 rings (SSSR count). The molecule has 0 bridgehead atoms. The molecule has 0 amide bonds. The van der Waals surface area contributed by atoms with Crippen molar-refractivity contribution in [2.75, 3.05) is 0 Å². The number of phenols is 1. The van der Waals surface area contributed by atoms with Gasteiger partial charge in [-0.1, -0.05) is 19.8 Å². The number of fused-ring (bicyclic) bond motifs is 1. The lowest BCUT2D eigenvalue weighted by molar-refractivity contribution is 0.475. The van der Waals surface area contributed by atoms with Crippen LogP contribution < -0.4 is 0 Å². The monoisotopic (exact) mass is 221 g/mol. The van der Waals surface area contributed by atoms with E-state index < -0.39 is 0 Å². The summed E-state index contributed by atoms with van der Waals surface area (Å²) in [4.78, 5) is 4.35. The normalized spacial score (nSPS) is 11.0. The SMILES string of the molecule is CCCCCc1cc(O)cc2scnc12. The highest BCUT2D eigenvalue weighted by Gasteiger charge is 2.05. The van der Waals surface area contributed by atoms with Gasteiger partial charge in [-0.2, -0.15) is 0 Å². The fourth-order valence-electron chi connectivity index (χ4n) is 1.78. The van der Waals surface area contributed by atoms with Crippen LogP contribution in [0.1, 0.15) is 31.7 Å². The van der Waals surface area contributed by atoms with Crippen molar-refractivity contribution in [2.45, 2.75) is 32.6 Å². The third-order valence-electron chi connectivity index (χ3n) is 2.55. The van der Waals surface area contributed by atoms with E-state index in [2.05, 4.69) is 11.9 Å². The number of rotatable bonds is 4. The minimum absolute atomic E-state index is 0.359. The zero-order valence-corrected chi connectivity index (χ0v) is 9.68. The van der Waals surface area contributed by atoms with Crippen LogP contribution in [0.4, 0.5) is 0 Å². The summed E-state index contributed by atoms with van der Waals surface area (Å²) in [6.07, 6.45) is 4.65. The van der Waals surface area contributed by atoms with Crippen molar-refractivity contribution in [3.8, 4) is 5.75 Å². The number of benzene rings is 1. The van der Waals surface area contributed by atoms with Crippen molar-refractivity contribution in [2.24, 2.45) is 0 Å².